The number of benzene rings is 2. The molecule has 0 saturated carbocycles. The minimum Gasteiger partial charge on any atom is -0.370 e. The predicted molar refractivity (Wildman–Crippen MR) is 124 cm³/mol. The van der Waals surface area contributed by atoms with Gasteiger partial charge in [-0.25, -0.2) is 0 Å². The number of guanidine groups is 1. The van der Waals surface area contributed by atoms with Gasteiger partial charge in [-0.05, 0) is 42.2 Å². The second kappa shape index (κ2) is 11.8. The summed E-state index contributed by atoms with van der Waals surface area (Å²) >= 11 is 5.99. The number of hydrogen-bond acceptors (Lipinski definition) is 2. The third-order valence-corrected chi connectivity index (χ3v) is 4.49. The van der Waals surface area contributed by atoms with Crippen molar-refractivity contribution in [3.8, 4) is 0 Å². The van der Waals surface area contributed by atoms with Gasteiger partial charge in [-0.15, -0.1) is 24.0 Å². The quantitative estimate of drug-likeness (QED) is 0.224. The summed E-state index contributed by atoms with van der Waals surface area (Å²) in [6, 6.07) is 15.1. The molecule has 0 aliphatic heterocycles. The Morgan fingerprint density at radius 1 is 1.19 bits per heavy atom. The average Bonchev–Trinajstić information content (AvgIpc) is 2.65. The topological polar surface area (TPSA) is 79.5 Å². The largest absolute Gasteiger partial charge is 0.370 e. The van der Waals surface area contributed by atoms with Crippen LogP contribution < -0.4 is 16.4 Å². The molecular formula is C20H26ClIN4O. The molecule has 4 N–H and O–H groups in total. The molecule has 5 nitrogen and oxygen atoms in total. The van der Waals surface area contributed by atoms with Gasteiger partial charge in [0.15, 0.2) is 5.96 Å². The number of halogens is 2. The highest BCUT2D eigenvalue weighted by atomic mass is 127. The summed E-state index contributed by atoms with van der Waals surface area (Å²) in [4.78, 5) is 16.2. The molecular weight excluding hydrogens is 475 g/mol. The average molecular weight is 501 g/mol. The molecule has 146 valence electrons. The Bertz CT molecular complexity index is 765. The molecule has 0 fully saturated rings. The van der Waals surface area contributed by atoms with Crippen molar-refractivity contribution in [3.05, 3.63) is 64.7 Å². The van der Waals surface area contributed by atoms with Crippen molar-refractivity contribution in [1.82, 2.24) is 5.32 Å². The first-order valence-electron chi connectivity index (χ1n) is 8.71. The maximum absolute atomic E-state index is 12.0. The van der Waals surface area contributed by atoms with Crippen LogP contribution in [0.2, 0.25) is 5.02 Å². The first-order valence-corrected chi connectivity index (χ1v) is 9.08. The zero-order valence-corrected chi connectivity index (χ0v) is 18.6. The van der Waals surface area contributed by atoms with Crippen LogP contribution in [0, 0.1) is 0 Å². The molecule has 0 saturated heterocycles. The fraction of sp³-hybridized carbons (Fsp3) is 0.300. The summed E-state index contributed by atoms with van der Waals surface area (Å²) in [7, 11) is 0. The van der Waals surface area contributed by atoms with Gasteiger partial charge in [-0.1, -0.05) is 49.7 Å². The summed E-state index contributed by atoms with van der Waals surface area (Å²) in [5.74, 6) is 0.628. The fourth-order valence-corrected chi connectivity index (χ4v) is 2.63. The minimum atomic E-state index is -0.224. The van der Waals surface area contributed by atoms with Crippen molar-refractivity contribution in [3.63, 3.8) is 0 Å². The van der Waals surface area contributed by atoms with Gasteiger partial charge in [0.2, 0.25) is 0 Å². The molecule has 0 radical (unpaired) electrons. The van der Waals surface area contributed by atoms with E-state index in [1.54, 1.807) is 24.3 Å². The highest BCUT2D eigenvalue weighted by Crippen LogP contribution is 2.20. The van der Waals surface area contributed by atoms with Crippen molar-refractivity contribution in [1.29, 1.82) is 0 Å². The van der Waals surface area contributed by atoms with Crippen molar-refractivity contribution < 1.29 is 4.79 Å². The fourth-order valence-electron chi connectivity index (χ4n) is 2.40. The second-order valence-corrected chi connectivity index (χ2v) is 6.47. The molecule has 0 aromatic heterocycles. The van der Waals surface area contributed by atoms with Gasteiger partial charge in [-0.3, -0.25) is 9.79 Å². The molecule has 7 heteroatoms. The Labute approximate surface area is 182 Å². The first kappa shape index (κ1) is 23.2. The van der Waals surface area contributed by atoms with Crippen LogP contribution in [0.25, 0.3) is 0 Å². The van der Waals surface area contributed by atoms with E-state index in [1.807, 2.05) is 12.1 Å². The van der Waals surface area contributed by atoms with Crippen LogP contribution in [0.1, 0.15) is 42.1 Å². The summed E-state index contributed by atoms with van der Waals surface area (Å²) in [6.45, 7) is 5.13. The molecule has 0 heterocycles. The lowest BCUT2D eigenvalue weighted by Crippen LogP contribution is -2.28. The summed E-state index contributed by atoms with van der Waals surface area (Å²) in [5.41, 5.74) is 8.53. The Morgan fingerprint density at radius 3 is 2.48 bits per heavy atom. The van der Waals surface area contributed by atoms with Gasteiger partial charge in [0.05, 0.1) is 17.1 Å². The Kier molecular flexibility index (Phi) is 10.2. The maximum atomic E-state index is 12.0. The van der Waals surface area contributed by atoms with Crippen LogP contribution in [-0.4, -0.2) is 25.0 Å². The molecule has 2 aromatic carbocycles. The monoisotopic (exact) mass is 500 g/mol. The zero-order chi connectivity index (χ0) is 18.9. The number of nitrogens with one attached hydrogen (secondary N) is 2. The van der Waals surface area contributed by atoms with Crippen LogP contribution in [0.3, 0.4) is 0 Å². The van der Waals surface area contributed by atoms with Gasteiger partial charge in [-0.2, -0.15) is 0 Å². The highest BCUT2D eigenvalue weighted by Gasteiger charge is 2.08. The van der Waals surface area contributed by atoms with Gasteiger partial charge in [0.1, 0.15) is 0 Å². The Hall–Kier alpha value is -1.80. The van der Waals surface area contributed by atoms with Crippen LogP contribution in [0.5, 0.6) is 0 Å². The lowest BCUT2D eigenvalue weighted by atomic mass is 9.99. The van der Waals surface area contributed by atoms with Gasteiger partial charge < -0.3 is 16.4 Å². The van der Waals surface area contributed by atoms with E-state index in [0.29, 0.717) is 35.6 Å². The SMILES string of the molecule is CCC(C)c1ccc(NC(N)=NCCNC(=O)c2ccccc2Cl)cc1.I. The molecule has 1 atom stereocenters. The van der Waals surface area contributed by atoms with Crippen LogP contribution in [0.15, 0.2) is 53.5 Å². The van der Waals surface area contributed by atoms with Crippen LogP contribution in [0.4, 0.5) is 5.69 Å². The number of nitrogens with two attached hydrogens (primary N) is 1. The van der Waals surface area contributed by atoms with Crippen LogP contribution >= 0.6 is 35.6 Å². The van der Waals surface area contributed by atoms with Gasteiger partial charge in [0.25, 0.3) is 5.91 Å². The van der Waals surface area contributed by atoms with E-state index in [9.17, 15) is 4.79 Å². The number of hydrogen-bond donors (Lipinski definition) is 3. The molecule has 1 amide bonds. The third-order valence-electron chi connectivity index (χ3n) is 4.16. The molecule has 0 bridgehead atoms. The first-order chi connectivity index (χ1) is 12.5. The second-order valence-electron chi connectivity index (χ2n) is 6.06. The number of amides is 1. The third kappa shape index (κ3) is 7.38. The van der Waals surface area contributed by atoms with E-state index in [1.165, 1.54) is 5.56 Å². The minimum absolute atomic E-state index is 0. The molecule has 0 aliphatic carbocycles. The zero-order valence-electron chi connectivity index (χ0n) is 15.5. The highest BCUT2D eigenvalue weighted by molar-refractivity contribution is 14.0. The standard InChI is InChI=1S/C20H25ClN4O.HI/c1-3-14(2)15-8-10-16(11-9-15)25-20(22)24-13-12-23-19(26)17-6-4-5-7-18(17)21;/h4-11,14H,3,12-13H2,1-2H3,(H,23,26)(H3,22,24,25);1H. The van der Waals surface area contributed by atoms with E-state index < -0.39 is 0 Å². The number of rotatable bonds is 7. The van der Waals surface area contributed by atoms with Gasteiger partial charge in [0, 0.05) is 12.2 Å². The summed E-state index contributed by atoms with van der Waals surface area (Å²) < 4.78 is 0. The maximum Gasteiger partial charge on any atom is 0.252 e. The predicted octanol–water partition coefficient (Wildman–Crippen LogP) is 4.63. The van der Waals surface area contributed by atoms with Crippen molar-refractivity contribution in [2.24, 2.45) is 10.7 Å². The molecule has 1 unspecified atom stereocenters. The molecule has 0 spiro atoms. The summed E-state index contributed by atoms with van der Waals surface area (Å²) in [6.07, 6.45) is 1.11. The van der Waals surface area contributed by atoms with E-state index in [2.05, 4.69) is 41.6 Å². The smallest absolute Gasteiger partial charge is 0.252 e. The molecule has 2 rings (SSSR count). The Morgan fingerprint density at radius 2 is 1.85 bits per heavy atom. The van der Waals surface area contributed by atoms with Crippen molar-refractivity contribution in [2.45, 2.75) is 26.2 Å². The lowest BCUT2D eigenvalue weighted by molar-refractivity contribution is 0.0955. The normalized spacial score (nSPS) is 12.0. The molecule has 2 aromatic rings. The van der Waals surface area contributed by atoms with E-state index >= 15 is 0 Å². The summed E-state index contributed by atoms with van der Waals surface area (Å²) in [5, 5.41) is 6.25. The van der Waals surface area contributed by atoms with Crippen LogP contribution in [-0.2, 0) is 0 Å². The van der Waals surface area contributed by atoms with Crippen molar-refractivity contribution >= 4 is 53.1 Å². The number of aliphatic imine (C=N–C) groups is 1. The number of carbonyl (C=O) groups is 1. The van der Waals surface area contributed by atoms with E-state index in [0.717, 1.165) is 12.1 Å². The lowest BCUT2D eigenvalue weighted by Gasteiger charge is -2.11. The van der Waals surface area contributed by atoms with E-state index in [4.69, 9.17) is 17.3 Å². The van der Waals surface area contributed by atoms with E-state index in [-0.39, 0.29) is 29.9 Å². The number of anilines is 1. The van der Waals surface area contributed by atoms with Crippen molar-refractivity contribution in [2.75, 3.05) is 18.4 Å². The number of carbonyl (C=O) groups excluding carboxylic acids is 1. The Balaban J connectivity index is 0.00000364. The molecule has 27 heavy (non-hydrogen) atoms. The molecule has 0 aliphatic rings. The van der Waals surface area contributed by atoms with Gasteiger partial charge >= 0.3 is 0 Å². The number of nitrogens with zero attached hydrogens (tertiary/aromatic N) is 1.